The number of carbonyl (C=O) groups excluding carboxylic acids is 2. The zero-order valence-electron chi connectivity index (χ0n) is 36.0. The third-order valence-electron chi connectivity index (χ3n) is 9.49. The number of aliphatic hydroxyl groups excluding tert-OH is 2. The summed E-state index contributed by atoms with van der Waals surface area (Å²) in [7, 11) is -4.63. The van der Waals surface area contributed by atoms with Gasteiger partial charge in [-0.05, 0) is 51.4 Å². The topological polar surface area (TPSA) is 149 Å². The van der Waals surface area contributed by atoms with Crippen LogP contribution in [0.2, 0.25) is 0 Å². The van der Waals surface area contributed by atoms with E-state index in [2.05, 4.69) is 54.8 Å². The second kappa shape index (κ2) is 42.1. The normalized spacial score (nSPS) is 14.3. The van der Waals surface area contributed by atoms with E-state index in [1.54, 1.807) is 0 Å². The van der Waals surface area contributed by atoms with Crippen molar-refractivity contribution >= 4 is 19.8 Å². The Balaban J connectivity index is 4.35. The van der Waals surface area contributed by atoms with Gasteiger partial charge in [-0.1, -0.05) is 178 Å². The van der Waals surface area contributed by atoms with Crippen molar-refractivity contribution in [3.8, 4) is 0 Å². The van der Waals surface area contributed by atoms with Crippen molar-refractivity contribution in [2.75, 3.05) is 26.4 Å². The second-order valence-corrected chi connectivity index (χ2v) is 16.5. The molecule has 3 atom stereocenters. The zero-order chi connectivity index (χ0) is 41.9. The van der Waals surface area contributed by atoms with Crippen LogP contribution in [0.3, 0.4) is 0 Å². The van der Waals surface area contributed by atoms with Crippen molar-refractivity contribution in [2.45, 2.75) is 206 Å². The van der Waals surface area contributed by atoms with Crippen LogP contribution < -0.4 is 0 Å². The van der Waals surface area contributed by atoms with E-state index in [0.29, 0.717) is 19.3 Å². The molecule has 0 fully saturated rings. The molecule has 0 saturated heterocycles. The van der Waals surface area contributed by atoms with Crippen molar-refractivity contribution in [3.63, 3.8) is 0 Å². The molecule has 10 nitrogen and oxygen atoms in total. The quantitative estimate of drug-likeness (QED) is 0.0235. The molecular formula is C46H83O10P. The number of phosphoric acid groups is 1. The molecule has 1 unspecified atom stereocenters. The van der Waals surface area contributed by atoms with E-state index in [1.807, 2.05) is 12.2 Å². The van der Waals surface area contributed by atoms with Crippen LogP contribution in [0.1, 0.15) is 194 Å². The van der Waals surface area contributed by atoms with E-state index < -0.39 is 51.8 Å². The average molecular weight is 827 g/mol. The van der Waals surface area contributed by atoms with Crippen LogP contribution in [0.15, 0.2) is 48.6 Å². The molecule has 0 aliphatic heterocycles. The summed E-state index contributed by atoms with van der Waals surface area (Å²) >= 11 is 0. The Morgan fingerprint density at radius 1 is 0.526 bits per heavy atom. The highest BCUT2D eigenvalue weighted by atomic mass is 31.2. The first kappa shape index (κ1) is 54.9. The molecule has 332 valence electrons. The number of rotatable bonds is 42. The molecule has 0 aliphatic rings. The summed E-state index contributed by atoms with van der Waals surface area (Å²) in [5.74, 6) is -0.986. The van der Waals surface area contributed by atoms with Crippen molar-refractivity contribution in [2.24, 2.45) is 0 Å². The van der Waals surface area contributed by atoms with E-state index in [9.17, 15) is 24.2 Å². The molecule has 11 heteroatoms. The van der Waals surface area contributed by atoms with E-state index in [4.69, 9.17) is 19.1 Å². The average Bonchev–Trinajstić information content (AvgIpc) is 3.20. The third-order valence-corrected chi connectivity index (χ3v) is 10.4. The van der Waals surface area contributed by atoms with Gasteiger partial charge in [0.2, 0.25) is 0 Å². The van der Waals surface area contributed by atoms with Crippen molar-refractivity contribution in [1.29, 1.82) is 0 Å². The van der Waals surface area contributed by atoms with Gasteiger partial charge in [0.1, 0.15) is 12.7 Å². The van der Waals surface area contributed by atoms with Gasteiger partial charge in [0.15, 0.2) is 6.10 Å². The van der Waals surface area contributed by atoms with Gasteiger partial charge in [0, 0.05) is 12.8 Å². The largest absolute Gasteiger partial charge is 0.472 e. The second-order valence-electron chi connectivity index (χ2n) is 15.1. The fourth-order valence-corrected chi connectivity index (χ4v) is 6.78. The van der Waals surface area contributed by atoms with Gasteiger partial charge >= 0.3 is 19.8 Å². The minimum absolute atomic E-state index is 0.109. The summed E-state index contributed by atoms with van der Waals surface area (Å²) in [6, 6.07) is 0. The maximum absolute atomic E-state index is 12.6. The summed E-state index contributed by atoms with van der Waals surface area (Å²) in [4.78, 5) is 35.0. The first-order chi connectivity index (χ1) is 27.7. The summed E-state index contributed by atoms with van der Waals surface area (Å²) in [6.07, 6.45) is 45.1. The van der Waals surface area contributed by atoms with Crippen LogP contribution in [-0.4, -0.2) is 65.7 Å². The summed E-state index contributed by atoms with van der Waals surface area (Å²) < 4.78 is 32.7. The molecule has 0 aromatic rings. The monoisotopic (exact) mass is 827 g/mol. The molecule has 57 heavy (non-hydrogen) atoms. The highest BCUT2D eigenvalue weighted by Crippen LogP contribution is 2.43. The van der Waals surface area contributed by atoms with Crippen molar-refractivity contribution in [3.05, 3.63) is 48.6 Å². The molecule has 3 N–H and O–H groups in total. The van der Waals surface area contributed by atoms with E-state index in [1.165, 1.54) is 103 Å². The van der Waals surface area contributed by atoms with E-state index >= 15 is 0 Å². The van der Waals surface area contributed by atoms with Gasteiger partial charge < -0.3 is 24.6 Å². The molecular weight excluding hydrogens is 743 g/mol. The van der Waals surface area contributed by atoms with Gasteiger partial charge in [0.25, 0.3) is 0 Å². The van der Waals surface area contributed by atoms with E-state index in [-0.39, 0.29) is 19.4 Å². The minimum atomic E-state index is -4.63. The highest BCUT2D eigenvalue weighted by Gasteiger charge is 2.27. The van der Waals surface area contributed by atoms with Crippen molar-refractivity contribution in [1.82, 2.24) is 0 Å². The van der Waals surface area contributed by atoms with Gasteiger partial charge in [-0.3, -0.25) is 18.6 Å². The SMILES string of the molecule is CCCCC/C=C\C/C=C\C/C=C\C/C=C\CCCC(=O)O[C@H](COC(=O)CCCCCCCCCCCCCCCCCCC)COP(=O)(O)OC[C@@H](O)CO. The lowest BCUT2D eigenvalue weighted by atomic mass is 10.0. The molecule has 0 rings (SSSR count). The van der Waals surface area contributed by atoms with Crippen LogP contribution in [0.4, 0.5) is 0 Å². The number of esters is 2. The van der Waals surface area contributed by atoms with Crippen LogP contribution in [0.25, 0.3) is 0 Å². The summed E-state index contributed by atoms with van der Waals surface area (Å²) in [5.41, 5.74) is 0. The first-order valence-corrected chi connectivity index (χ1v) is 24.1. The van der Waals surface area contributed by atoms with E-state index in [0.717, 1.165) is 44.9 Å². The number of hydrogen-bond acceptors (Lipinski definition) is 9. The maximum atomic E-state index is 12.6. The molecule has 0 spiro atoms. The zero-order valence-corrected chi connectivity index (χ0v) is 36.9. The van der Waals surface area contributed by atoms with Gasteiger partial charge in [0.05, 0.1) is 19.8 Å². The molecule has 0 radical (unpaired) electrons. The number of allylic oxidation sites excluding steroid dienone is 8. The fraction of sp³-hybridized carbons (Fsp3) is 0.783. The Morgan fingerprint density at radius 2 is 0.930 bits per heavy atom. The molecule has 0 aromatic heterocycles. The standard InChI is InChI=1S/C46H83O10P/c1-3-5-7-9-11-13-15-17-19-21-23-25-27-29-31-33-35-37-45(49)53-41-44(42-55-57(51,52)54-40-43(48)39-47)56-46(50)38-36-34-32-30-28-26-24-22-20-18-16-14-12-10-8-6-4-2/h12,14,18,20,24,26,30,32,43-44,47-48H,3-11,13,15-17,19,21-23,25,27-29,31,33-42H2,1-2H3,(H,51,52)/b14-12-,20-18-,26-24-,32-30-/t43-,44+/m0/s1. The maximum Gasteiger partial charge on any atom is 0.472 e. The van der Waals surface area contributed by atoms with Crippen LogP contribution in [0.5, 0.6) is 0 Å². The Hall–Kier alpha value is -2.07. The Kier molecular flexibility index (Phi) is 40.5. The van der Waals surface area contributed by atoms with Crippen LogP contribution in [-0.2, 0) is 32.7 Å². The fourth-order valence-electron chi connectivity index (χ4n) is 5.99. The predicted molar refractivity (Wildman–Crippen MR) is 233 cm³/mol. The van der Waals surface area contributed by atoms with Gasteiger partial charge in [-0.2, -0.15) is 0 Å². The predicted octanol–water partition coefficient (Wildman–Crippen LogP) is 12.1. The van der Waals surface area contributed by atoms with Crippen LogP contribution >= 0.6 is 7.82 Å². The molecule has 0 aromatic carbocycles. The Morgan fingerprint density at radius 3 is 1.42 bits per heavy atom. The molecule has 0 saturated carbocycles. The number of carbonyl (C=O) groups is 2. The summed E-state index contributed by atoms with van der Waals surface area (Å²) in [6.45, 7) is 2.30. The molecule has 0 amide bonds. The van der Waals surface area contributed by atoms with Gasteiger partial charge in [-0.15, -0.1) is 0 Å². The summed E-state index contributed by atoms with van der Waals surface area (Å²) in [5, 5.41) is 18.3. The minimum Gasteiger partial charge on any atom is -0.462 e. The molecule has 0 heterocycles. The lowest BCUT2D eigenvalue weighted by molar-refractivity contribution is -0.161. The van der Waals surface area contributed by atoms with Crippen molar-refractivity contribution < 1.29 is 47.8 Å². The van der Waals surface area contributed by atoms with Gasteiger partial charge in [-0.25, -0.2) is 4.57 Å². The smallest absolute Gasteiger partial charge is 0.462 e. The van der Waals surface area contributed by atoms with Crippen LogP contribution in [0, 0.1) is 0 Å². The Bertz CT molecular complexity index is 1090. The molecule has 0 bridgehead atoms. The number of aliphatic hydroxyl groups is 2. The number of unbranched alkanes of at least 4 members (excludes halogenated alkanes) is 20. The lowest BCUT2D eigenvalue weighted by Gasteiger charge is -2.20. The number of hydrogen-bond donors (Lipinski definition) is 3. The molecule has 0 aliphatic carbocycles. The lowest BCUT2D eigenvalue weighted by Crippen LogP contribution is -2.29. The number of phosphoric ester groups is 1. The highest BCUT2D eigenvalue weighted by molar-refractivity contribution is 7.47. The third kappa shape index (κ3) is 41.9. The number of ether oxygens (including phenoxy) is 2. The Labute approximate surface area is 347 Å². The first-order valence-electron chi connectivity index (χ1n) is 22.6.